The van der Waals surface area contributed by atoms with Crippen molar-refractivity contribution in [1.29, 1.82) is 0 Å². The summed E-state index contributed by atoms with van der Waals surface area (Å²) in [6.45, 7) is 10.7. The average Bonchev–Trinajstić information content (AvgIpc) is 3.42. The van der Waals surface area contributed by atoms with Crippen LogP contribution >= 0.6 is 0 Å². The number of allylic oxidation sites excluding steroid dienone is 1. The summed E-state index contributed by atoms with van der Waals surface area (Å²) in [4.78, 5) is 21.7. The molecule has 5 rings (SSSR count). The smallest absolute Gasteiger partial charge is 0.247 e. The van der Waals surface area contributed by atoms with E-state index in [9.17, 15) is 13.6 Å². The van der Waals surface area contributed by atoms with Crippen molar-refractivity contribution in [2.24, 2.45) is 0 Å². The van der Waals surface area contributed by atoms with E-state index < -0.39 is 11.6 Å². The zero-order chi connectivity index (χ0) is 29.8. The van der Waals surface area contributed by atoms with Gasteiger partial charge in [-0.2, -0.15) is 0 Å². The van der Waals surface area contributed by atoms with E-state index in [0.29, 0.717) is 12.8 Å². The van der Waals surface area contributed by atoms with Crippen LogP contribution in [0.15, 0.2) is 54.8 Å². The van der Waals surface area contributed by atoms with Gasteiger partial charge in [0.2, 0.25) is 5.91 Å². The normalized spacial score (nSPS) is 14.8. The van der Waals surface area contributed by atoms with Crippen molar-refractivity contribution in [1.82, 2.24) is 9.88 Å². The molecule has 0 spiro atoms. The van der Waals surface area contributed by atoms with Gasteiger partial charge in [0.15, 0.2) is 23.1 Å². The predicted octanol–water partition coefficient (Wildman–Crippen LogP) is 5.42. The highest BCUT2D eigenvalue weighted by Gasteiger charge is 2.24. The van der Waals surface area contributed by atoms with Crippen molar-refractivity contribution in [3.63, 3.8) is 0 Å². The number of nitrogens with zero attached hydrogens (tertiary/aromatic N) is 3. The van der Waals surface area contributed by atoms with Crippen molar-refractivity contribution in [3.8, 4) is 11.5 Å². The number of benzene rings is 2. The zero-order valence-electron chi connectivity index (χ0n) is 24.3. The van der Waals surface area contributed by atoms with Crippen LogP contribution in [0, 0.1) is 11.6 Å². The highest BCUT2D eigenvalue weighted by molar-refractivity contribution is 5.99. The van der Waals surface area contributed by atoms with Gasteiger partial charge in [0.05, 0.1) is 14.2 Å². The molecule has 2 aromatic carbocycles. The van der Waals surface area contributed by atoms with E-state index in [0.717, 1.165) is 72.1 Å². The molecule has 3 aromatic rings. The van der Waals surface area contributed by atoms with Crippen LogP contribution in [0.2, 0.25) is 0 Å². The quantitative estimate of drug-likeness (QED) is 0.327. The fraction of sp³-hybridized carbons (Fsp3) is 0.333. The molecular weight excluding hydrogens is 538 g/mol. The Hall–Kier alpha value is -4.24. The van der Waals surface area contributed by atoms with Crippen LogP contribution < -0.4 is 19.7 Å². The molecule has 1 fully saturated rings. The number of hydrogen-bond donors (Lipinski definition) is 1. The Kier molecular flexibility index (Phi) is 8.87. The minimum atomic E-state index is -0.726. The summed E-state index contributed by atoms with van der Waals surface area (Å²) < 4.78 is 40.1. The lowest BCUT2D eigenvalue weighted by atomic mass is 10.0. The zero-order valence-corrected chi connectivity index (χ0v) is 24.3. The van der Waals surface area contributed by atoms with E-state index in [1.54, 1.807) is 0 Å². The highest BCUT2D eigenvalue weighted by Crippen LogP contribution is 2.35. The van der Waals surface area contributed by atoms with E-state index in [1.165, 1.54) is 26.4 Å². The fourth-order valence-corrected chi connectivity index (χ4v) is 5.60. The third kappa shape index (κ3) is 6.16. The number of methoxy groups -OCH3 is 2. The average molecular weight is 575 g/mol. The van der Waals surface area contributed by atoms with Gasteiger partial charge in [-0.1, -0.05) is 31.2 Å². The maximum absolute atomic E-state index is 15.0. The first-order valence-electron chi connectivity index (χ1n) is 14.1. The summed E-state index contributed by atoms with van der Waals surface area (Å²) in [6.07, 6.45) is 6.17. The van der Waals surface area contributed by atoms with Crippen LogP contribution in [0.5, 0.6) is 11.5 Å². The lowest BCUT2D eigenvalue weighted by Gasteiger charge is -2.35. The van der Waals surface area contributed by atoms with Gasteiger partial charge in [-0.3, -0.25) is 9.78 Å². The first kappa shape index (κ1) is 29.3. The number of pyridine rings is 1. The Morgan fingerprint density at radius 3 is 2.40 bits per heavy atom. The van der Waals surface area contributed by atoms with Gasteiger partial charge in [0, 0.05) is 73.9 Å². The Balaban J connectivity index is 1.37. The third-order valence-electron chi connectivity index (χ3n) is 8.02. The van der Waals surface area contributed by atoms with E-state index in [-0.39, 0.29) is 29.4 Å². The summed E-state index contributed by atoms with van der Waals surface area (Å²) in [5.74, 6) is -1.84. The lowest BCUT2D eigenvalue weighted by Crippen LogP contribution is -2.46. The van der Waals surface area contributed by atoms with Gasteiger partial charge < -0.3 is 24.6 Å². The van der Waals surface area contributed by atoms with Crippen LogP contribution in [-0.2, 0) is 24.1 Å². The SMILES string of the molecule is C=CC(=O)Nc1cc(N2CCN(CC)CC2)ccc1Cc1cc2c(cn1)CC(Cc1c(F)c(OC)cc(OC)c1F)=C2. The largest absolute Gasteiger partial charge is 0.494 e. The number of carbonyl (C=O) groups is 1. The maximum atomic E-state index is 15.0. The van der Waals surface area contributed by atoms with Crippen molar-refractivity contribution in [2.75, 3.05) is 57.2 Å². The summed E-state index contributed by atoms with van der Waals surface area (Å²) in [5, 5.41) is 2.97. The molecule has 0 bridgehead atoms. The Morgan fingerprint density at radius 2 is 1.76 bits per heavy atom. The van der Waals surface area contributed by atoms with E-state index in [2.05, 4.69) is 39.7 Å². The van der Waals surface area contributed by atoms with Gasteiger partial charge in [-0.15, -0.1) is 0 Å². The third-order valence-corrected chi connectivity index (χ3v) is 8.02. The van der Waals surface area contributed by atoms with E-state index in [1.807, 2.05) is 30.5 Å². The van der Waals surface area contributed by atoms with Crippen molar-refractivity contribution >= 4 is 23.4 Å². The van der Waals surface area contributed by atoms with Gasteiger partial charge in [0.25, 0.3) is 0 Å². The molecule has 220 valence electrons. The standard InChI is InChI=1S/C33H36F2N4O3/c1-5-31(40)37-28-18-26(39-11-9-38(6-2)10-12-39)8-7-22(28)16-25-17-23-13-21(14-24(23)20-36-25)15-27-32(34)29(41-3)19-30(42-4)33(27)35/h5,7-8,13,17-20H,1,6,9-12,14-16H2,2-4H3,(H,37,40). The molecule has 1 amide bonds. The van der Waals surface area contributed by atoms with Crippen LogP contribution in [0.25, 0.3) is 6.08 Å². The van der Waals surface area contributed by atoms with Crippen LogP contribution in [0.3, 0.4) is 0 Å². The molecule has 1 saturated heterocycles. The molecule has 1 aliphatic heterocycles. The number of ether oxygens (including phenoxy) is 2. The molecule has 1 aliphatic carbocycles. The summed E-state index contributed by atoms with van der Waals surface area (Å²) in [7, 11) is 2.68. The fourth-order valence-electron chi connectivity index (χ4n) is 5.60. The second kappa shape index (κ2) is 12.7. The van der Waals surface area contributed by atoms with E-state index in [4.69, 9.17) is 9.47 Å². The molecule has 0 saturated carbocycles. The Labute approximate surface area is 245 Å². The number of aromatic nitrogens is 1. The van der Waals surface area contributed by atoms with Gasteiger partial charge in [-0.25, -0.2) is 8.78 Å². The second-order valence-corrected chi connectivity index (χ2v) is 10.6. The Morgan fingerprint density at radius 1 is 1.05 bits per heavy atom. The number of amides is 1. The molecule has 7 nitrogen and oxygen atoms in total. The van der Waals surface area contributed by atoms with Crippen LogP contribution in [-0.4, -0.2) is 62.7 Å². The molecule has 1 aromatic heterocycles. The minimum absolute atomic E-state index is 0.0584. The van der Waals surface area contributed by atoms with Crippen molar-refractivity contribution < 1.29 is 23.0 Å². The second-order valence-electron chi connectivity index (χ2n) is 10.6. The summed E-state index contributed by atoms with van der Waals surface area (Å²) in [5.41, 5.74) is 6.29. The van der Waals surface area contributed by atoms with Gasteiger partial charge in [-0.05, 0) is 53.9 Å². The first-order valence-corrected chi connectivity index (χ1v) is 14.1. The van der Waals surface area contributed by atoms with Gasteiger partial charge >= 0.3 is 0 Å². The lowest BCUT2D eigenvalue weighted by molar-refractivity contribution is -0.111. The monoisotopic (exact) mass is 574 g/mol. The predicted molar refractivity (Wildman–Crippen MR) is 161 cm³/mol. The number of hydrogen-bond acceptors (Lipinski definition) is 6. The minimum Gasteiger partial charge on any atom is -0.494 e. The number of halogens is 2. The van der Waals surface area contributed by atoms with Crippen molar-refractivity contribution in [2.45, 2.75) is 26.2 Å². The summed E-state index contributed by atoms with van der Waals surface area (Å²) >= 11 is 0. The van der Waals surface area contributed by atoms with Crippen molar-refractivity contribution in [3.05, 3.63) is 94.3 Å². The number of fused-ring (bicyclic) bond motifs is 1. The molecule has 9 heteroatoms. The molecule has 0 radical (unpaired) electrons. The Bertz CT molecular complexity index is 1500. The molecule has 42 heavy (non-hydrogen) atoms. The topological polar surface area (TPSA) is 66.9 Å². The molecular formula is C33H36F2N4O3. The number of nitrogens with one attached hydrogen (secondary N) is 1. The molecule has 0 atom stereocenters. The number of anilines is 2. The maximum Gasteiger partial charge on any atom is 0.247 e. The number of rotatable bonds is 10. The molecule has 0 unspecified atom stereocenters. The highest BCUT2D eigenvalue weighted by atomic mass is 19.1. The molecule has 2 heterocycles. The molecule has 1 N–H and O–H groups in total. The number of likely N-dealkylation sites (N-methyl/N-ethyl adjacent to an activating group) is 1. The summed E-state index contributed by atoms with van der Waals surface area (Å²) in [6, 6.07) is 9.37. The van der Waals surface area contributed by atoms with Crippen LogP contribution in [0.1, 0.15) is 34.9 Å². The van der Waals surface area contributed by atoms with Gasteiger partial charge in [0.1, 0.15) is 0 Å². The first-order chi connectivity index (χ1) is 20.3. The number of piperazine rings is 1. The molecule has 2 aliphatic rings. The number of carbonyl (C=O) groups excluding carboxylic acids is 1. The van der Waals surface area contributed by atoms with E-state index >= 15 is 0 Å². The van der Waals surface area contributed by atoms with Crippen LogP contribution in [0.4, 0.5) is 20.2 Å².